The average Bonchev–Trinajstić information content (AvgIpc) is 3.10. The molecule has 5 nitrogen and oxygen atoms in total. The first-order chi connectivity index (χ1) is 15.6. The van der Waals surface area contributed by atoms with Gasteiger partial charge in [0.2, 0.25) is 0 Å². The Balaban J connectivity index is 1.47. The summed E-state index contributed by atoms with van der Waals surface area (Å²) in [6, 6.07) is 18.2. The van der Waals surface area contributed by atoms with E-state index in [1.54, 1.807) is 23.5 Å². The molecule has 4 rings (SSSR count). The summed E-state index contributed by atoms with van der Waals surface area (Å²) in [4.78, 5) is 9.52. The maximum Gasteiger partial charge on any atom is 0.117 e. The molecule has 0 amide bonds. The van der Waals surface area contributed by atoms with Gasteiger partial charge in [0, 0.05) is 59.5 Å². The second-order valence-electron chi connectivity index (χ2n) is 7.91. The lowest BCUT2D eigenvalue weighted by molar-refractivity contribution is 0.300. The highest BCUT2D eigenvalue weighted by Gasteiger charge is 2.14. The smallest absolute Gasteiger partial charge is 0.117 e. The lowest BCUT2D eigenvalue weighted by atomic mass is 10.1. The Morgan fingerprint density at radius 2 is 2.00 bits per heavy atom. The van der Waals surface area contributed by atoms with Crippen molar-refractivity contribution in [2.45, 2.75) is 19.8 Å². The number of nitrogens with one attached hydrogen (secondary N) is 1. The van der Waals surface area contributed by atoms with Gasteiger partial charge in [-0.3, -0.25) is 4.99 Å². The number of rotatable bonds is 9. The van der Waals surface area contributed by atoms with Gasteiger partial charge in [-0.05, 0) is 48.4 Å². The SMILES string of the molecule is CCN(CCN)CCc1cccc(-c2cc3c(s2)CC(Nc2cccc(O)c2)=CC=N3)c1. The molecule has 1 aromatic heterocycles. The van der Waals surface area contributed by atoms with Crippen molar-refractivity contribution in [3.05, 3.63) is 76.8 Å². The highest BCUT2D eigenvalue weighted by Crippen LogP contribution is 2.39. The first kappa shape index (κ1) is 22.3. The number of hydrogen-bond donors (Lipinski definition) is 3. The van der Waals surface area contributed by atoms with E-state index < -0.39 is 0 Å². The zero-order chi connectivity index (χ0) is 22.3. The van der Waals surface area contributed by atoms with Crippen LogP contribution in [0.5, 0.6) is 5.75 Å². The summed E-state index contributed by atoms with van der Waals surface area (Å²) < 4.78 is 0. The van der Waals surface area contributed by atoms with Gasteiger partial charge in [-0.2, -0.15) is 0 Å². The van der Waals surface area contributed by atoms with Gasteiger partial charge in [0.05, 0.1) is 5.69 Å². The van der Waals surface area contributed by atoms with E-state index in [4.69, 9.17) is 5.73 Å². The zero-order valence-corrected chi connectivity index (χ0v) is 19.2. The highest BCUT2D eigenvalue weighted by atomic mass is 32.1. The van der Waals surface area contributed by atoms with E-state index in [9.17, 15) is 5.11 Å². The number of phenolic OH excluding ortho intramolecular Hbond substituents is 1. The van der Waals surface area contributed by atoms with E-state index in [1.807, 2.05) is 24.4 Å². The molecule has 0 aliphatic carbocycles. The van der Waals surface area contributed by atoms with Crippen LogP contribution in [0, 0.1) is 0 Å². The number of benzene rings is 2. The minimum atomic E-state index is 0.252. The Kier molecular flexibility index (Phi) is 7.37. The monoisotopic (exact) mass is 446 g/mol. The van der Waals surface area contributed by atoms with Crippen LogP contribution in [-0.4, -0.2) is 42.4 Å². The summed E-state index contributed by atoms with van der Waals surface area (Å²) in [6.07, 6.45) is 5.64. The van der Waals surface area contributed by atoms with Gasteiger partial charge in [0.15, 0.2) is 0 Å². The number of aliphatic imine (C=N–C) groups is 1. The predicted octanol–water partition coefficient (Wildman–Crippen LogP) is 5.20. The van der Waals surface area contributed by atoms with Crippen LogP contribution in [-0.2, 0) is 12.8 Å². The fraction of sp³-hybridized carbons (Fsp3) is 0.269. The number of anilines is 1. The van der Waals surface area contributed by atoms with Crippen LogP contribution >= 0.6 is 11.3 Å². The minimum Gasteiger partial charge on any atom is -0.508 e. The van der Waals surface area contributed by atoms with Crippen LogP contribution in [0.3, 0.4) is 0 Å². The van der Waals surface area contributed by atoms with Crippen LogP contribution in [0.2, 0.25) is 0 Å². The van der Waals surface area contributed by atoms with Crippen molar-refractivity contribution in [2.75, 3.05) is 31.5 Å². The third-order valence-corrected chi connectivity index (χ3v) is 6.77. The molecule has 0 unspecified atom stereocenters. The van der Waals surface area contributed by atoms with Crippen LogP contribution in [0.15, 0.2) is 71.4 Å². The molecule has 0 radical (unpaired) electrons. The summed E-state index contributed by atoms with van der Waals surface area (Å²) in [7, 11) is 0. The number of aromatic hydroxyl groups is 1. The summed E-state index contributed by atoms with van der Waals surface area (Å²) in [5, 5.41) is 13.1. The summed E-state index contributed by atoms with van der Waals surface area (Å²) >= 11 is 1.79. The number of thiophene rings is 1. The third kappa shape index (κ3) is 5.65. The Morgan fingerprint density at radius 3 is 2.81 bits per heavy atom. The fourth-order valence-corrected chi connectivity index (χ4v) is 4.99. The second-order valence-corrected chi connectivity index (χ2v) is 9.05. The van der Waals surface area contributed by atoms with Crippen LogP contribution in [0.4, 0.5) is 11.4 Å². The molecule has 1 aliphatic rings. The molecular formula is C26H30N4OS. The third-order valence-electron chi connectivity index (χ3n) is 5.60. The van der Waals surface area contributed by atoms with Gasteiger partial charge in [0.25, 0.3) is 0 Å². The molecule has 3 aromatic rings. The van der Waals surface area contributed by atoms with E-state index >= 15 is 0 Å². The van der Waals surface area contributed by atoms with E-state index in [0.29, 0.717) is 6.54 Å². The van der Waals surface area contributed by atoms with Crippen molar-refractivity contribution >= 4 is 28.9 Å². The molecule has 1 aliphatic heterocycles. The van der Waals surface area contributed by atoms with Gasteiger partial charge in [-0.1, -0.05) is 37.3 Å². The van der Waals surface area contributed by atoms with E-state index in [2.05, 4.69) is 52.5 Å². The van der Waals surface area contributed by atoms with Gasteiger partial charge in [-0.15, -0.1) is 11.3 Å². The Morgan fingerprint density at radius 1 is 1.12 bits per heavy atom. The molecule has 2 heterocycles. The maximum absolute atomic E-state index is 9.72. The second kappa shape index (κ2) is 10.6. The maximum atomic E-state index is 9.72. The predicted molar refractivity (Wildman–Crippen MR) is 136 cm³/mol. The summed E-state index contributed by atoms with van der Waals surface area (Å²) in [5.41, 5.74) is 11.3. The Hall–Kier alpha value is -2.93. The number of allylic oxidation sites excluding steroid dienone is 2. The molecule has 0 bridgehead atoms. The van der Waals surface area contributed by atoms with E-state index in [0.717, 1.165) is 49.5 Å². The van der Waals surface area contributed by atoms with Crippen molar-refractivity contribution < 1.29 is 5.11 Å². The number of phenols is 1. The van der Waals surface area contributed by atoms with Crippen molar-refractivity contribution in [1.29, 1.82) is 0 Å². The Bertz CT molecular complexity index is 1120. The van der Waals surface area contributed by atoms with Crippen molar-refractivity contribution in [3.63, 3.8) is 0 Å². The first-order valence-electron chi connectivity index (χ1n) is 11.1. The molecule has 2 aromatic carbocycles. The molecule has 0 saturated heterocycles. The minimum absolute atomic E-state index is 0.252. The van der Waals surface area contributed by atoms with Gasteiger partial charge < -0.3 is 21.1 Å². The lowest BCUT2D eigenvalue weighted by Crippen LogP contribution is -2.31. The largest absolute Gasteiger partial charge is 0.508 e. The number of fused-ring (bicyclic) bond motifs is 1. The lowest BCUT2D eigenvalue weighted by Gasteiger charge is -2.19. The van der Waals surface area contributed by atoms with E-state index in [-0.39, 0.29) is 5.75 Å². The van der Waals surface area contributed by atoms with Gasteiger partial charge >= 0.3 is 0 Å². The summed E-state index contributed by atoms with van der Waals surface area (Å²) in [6.45, 7) is 5.88. The molecular weight excluding hydrogens is 416 g/mol. The van der Waals surface area contributed by atoms with Crippen molar-refractivity contribution in [1.82, 2.24) is 4.90 Å². The van der Waals surface area contributed by atoms with Gasteiger partial charge in [0.1, 0.15) is 5.75 Å². The molecule has 6 heteroatoms. The zero-order valence-electron chi connectivity index (χ0n) is 18.4. The first-order valence-corrected chi connectivity index (χ1v) is 11.9. The topological polar surface area (TPSA) is 73.9 Å². The van der Waals surface area contributed by atoms with Crippen LogP contribution < -0.4 is 11.1 Å². The standard InChI is InChI=1S/C26H30N4OS/c1-2-30(14-11-27)13-10-19-5-3-6-20(15-19)25-18-24-26(32-25)17-22(9-12-28-24)29-21-7-4-8-23(31)16-21/h3-9,12,15-16,18,29,31H,2,10-11,13-14,17,27H2,1H3. The van der Waals surface area contributed by atoms with Crippen LogP contribution in [0.25, 0.3) is 10.4 Å². The molecule has 0 atom stereocenters. The normalized spacial score (nSPS) is 13.0. The number of hydrogen-bond acceptors (Lipinski definition) is 6. The van der Waals surface area contributed by atoms with Crippen LogP contribution in [0.1, 0.15) is 17.4 Å². The summed E-state index contributed by atoms with van der Waals surface area (Å²) in [5.74, 6) is 0.252. The fourth-order valence-electron chi connectivity index (χ4n) is 3.87. The molecule has 0 saturated carbocycles. The molecule has 166 valence electrons. The molecule has 0 spiro atoms. The molecule has 4 N–H and O–H groups in total. The quantitative estimate of drug-likeness (QED) is 0.422. The number of nitrogens with zero attached hydrogens (tertiary/aromatic N) is 2. The van der Waals surface area contributed by atoms with Gasteiger partial charge in [-0.25, -0.2) is 0 Å². The number of nitrogens with two attached hydrogens (primary N) is 1. The highest BCUT2D eigenvalue weighted by molar-refractivity contribution is 7.16. The van der Waals surface area contributed by atoms with E-state index in [1.165, 1.54) is 20.9 Å². The van der Waals surface area contributed by atoms with Crippen molar-refractivity contribution in [2.24, 2.45) is 10.7 Å². The molecule has 32 heavy (non-hydrogen) atoms. The average molecular weight is 447 g/mol. The molecule has 0 fully saturated rings. The number of likely N-dealkylation sites (N-methyl/N-ethyl adjacent to an activating group) is 1. The van der Waals surface area contributed by atoms with Crippen molar-refractivity contribution in [3.8, 4) is 16.2 Å². The Labute approximate surface area is 193 Å².